The lowest BCUT2D eigenvalue weighted by Gasteiger charge is -2.20. The Morgan fingerprint density at radius 2 is 2.05 bits per heavy atom. The van der Waals surface area contributed by atoms with Crippen molar-refractivity contribution in [3.05, 3.63) is 47.0 Å². The first-order valence-electron chi connectivity index (χ1n) is 6.34. The number of aromatic amines is 1. The number of hydrogen-bond donors (Lipinski definition) is 2. The van der Waals surface area contributed by atoms with E-state index in [-0.39, 0.29) is 11.3 Å². The molecule has 0 bridgehead atoms. The standard InChI is InChI=1S/C14H16F3N3O/c1-8-6-9(2)18-11(8)13(21)19-12(14(15,16)17)10-4-5-20(3)7-10/h4-7,12,18H,1-3H3,(H,19,21). The van der Waals surface area contributed by atoms with Crippen molar-refractivity contribution in [3.8, 4) is 0 Å². The molecule has 0 aromatic carbocycles. The van der Waals surface area contributed by atoms with Gasteiger partial charge in [-0.05, 0) is 31.5 Å². The van der Waals surface area contributed by atoms with Crippen LogP contribution < -0.4 is 5.32 Å². The minimum Gasteiger partial charge on any atom is -0.357 e. The molecule has 1 atom stereocenters. The van der Waals surface area contributed by atoms with Crippen LogP contribution in [-0.4, -0.2) is 21.6 Å². The second kappa shape index (κ2) is 5.31. The van der Waals surface area contributed by atoms with E-state index in [9.17, 15) is 18.0 Å². The molecule has 0 saturated heterocycles. The Balaban J connectivity index is 2.28. The number of carbonyl (C=O) groups excluding carboxylic acids is 1. The van der Waals surface area contributed by atoms with Crippen molar-refractivity contribution in [2.24, 2.45) is 7.05 Å². The van der Waals surface area contributed by atoms with Gasteiger partial charge in [0.1, 0.15) is 5.69 Å². The van der Waals surface area contributed by atoms with Gasteiger partial charge in [-0.25, -0.2) is 0 Å². The lowest BCUT2D eigenvalue weighted by Crippen LogP contribution is -2.38. The quantitative estimate of drug-likeness (QED) is 0.899. The van der Waals surface area contributed by atoms with Crippen LogP contribution in [0, 0.1) is 13.8 Å². The van der Waals surface area contributed by atoms with Crippen LogP contribution in [0.1, 0.15) is 33.4 Å². The summed E-state index contributed by atoms with van der Waals surface area (Å²) >= 11 is 0. The van der Waals surface area contributed by atoms with E-state index in [1.54, 1.807) is 27.0 Å². The molecule has 0 spiro atoms. The van der Waals surface area contributed by atoms with Crippen LogP contribution in [0.3, 0.4) is 0 Å². The number of alkyl halides is 3. The van der Waals surface area contributed by atoms with Gasteiger partial charge in [-0.1, -0.05) is 0 Å². The Hall–Kier alpha value is -2.18. The van der Waals surface area contributed by atoms with Crippen molar-refractivity contribution in [1.82, 2.24) is 14.9 Å². The summed E-state index contributed by atoms with van der Waals surface area (Å²) in [4.78, 5) is 14.8. The SMILES string of the molecule is Cc1cc(C)c(C(=O)NC(c2ccn(C)c2)C(F)(F)F)[nH]1. The molecule has 21 heavy (non-hydrogen) atoms. The molecule has 0 aliphatic heterocycles. The summed E-state index contributed by atoms with van der Waals surface area (Å²) in [5.41, 5.74) is 1.48. The maximum atomic E-state index is 13.2. The summed E-state index contributed by atoms with van der Waals surface area (Å²) in [6, 6.07) is 1.01. The van der Waals surface area contributed by atoms with Crippen LogP contribution in [0.2, 0.25) is 0 Å². The molecule has 0 saturated carbocycles. The zero-order valence-electron chi connectivity index (χ0n) is 11.9. The lowest BCUT2D eigenvalue weighted by atomic mass is 10.1. The average molecular weight is 299 g/mol. The van der Waals surface area contributed by atoms with E-state index in [0.717, 1.165) is 5.69 Å². The van der Waals surface area contributed by atoms with E-state index in [2.05, 4.69) is 4.98 Å². The minimum absolute atomic E-state index is 0.000666. The third-order valence-corrected chi connectivity index (χ3v) is 3.17. The first-order chi connectivity index (χ1) is 9.68. The third-order valence-electron chi connectivity index (χ3n) is 3.17. The maximum Gasteiger partial charge on any atom is 0.412 e. The molecule has 0 fully saturated rings. The number of amides is 1. The van der Waals surface area contributed by atoms with Crippen LogP contribution in [0.25, 0.3) is 0 Å². The number of rotatable bonds is 3. The Morgan fingerprint density at radius 3 is 2.48 bits per heavy atom. The predicted molar refractivity (Wildman–Crippen MR) is 71.9 cm³/mol. The van der Waals surface area contributed by atoms with E-state index < -0.39 is 18.1 Å². The summed E-state index contributed by atoms with van der Waals surface area (Å²) in [5.74, 6) is -0.772. The highest BCUT2D eigenvalue weighted by molar-refractivity contribution is 5.94. The third kappa shape index (κ3) is 3.29. The minimum atomic E-state index is -4.56. The molecular formula is C14H16F3N3O. The van der Waals surface area contributed by atoms with Crippen LogP contribution >= 0.6 is 0 Å². The van der Waals surface area contributed by atoms with Crippen molar-refractivity contribution < 1.29 is 18.0 Å². The number of H-pyrrole nitrogens is 1. The van der Waals surface area contributed by atoms with Crippen LogP contribution in [0.4, 0.5) is 13.2 Å². The van der Waals surface area contributed by atoms with Gasteiger partial charge in [0.25, 0.3) is 5.91 Å². The van der Waals surface area contributed by atoms with Gasteiger partial charge in [-0.2, -0.15) is 13.2 Å². The summed E-state index contributed by atoms with van der Waals surface area (Å²) in [7, 11) is 1.62. The van der Waals surface area contributed by atoms with Gasteiger partial charge in [0.2, 0.25) is 0 Å². The highest BCUT2D eigenvalue weighted by atomic mass is 19.4. The Morgan fingerprint density at radius 1 is 1.38 bits per heavy atom. The smallest absolute Gasteiger partial charge is 0.357 e. The Bertz CT molecular complexity index is 655. The summed E-state index contributed by atoms with van der Waals surface area (Å²) in [5, 5.41) is 2.05. The number of carbonyl (C=O) groups is 1. The van der Waals surface area contributed by atoms with E-state index in [1.807, 2.05) is 5.32 Å². The summed E-state index contributed by atoms with van der Waals surface area (Å²) in [6.07, 6.45) is -1.72. The first-order valence-corrected chi connectivity index (χ1v) is 6.34. The topological polar surface area (TPSA) is 49.8 Å². The van der Waals surface area contributed by atoms with Gasteiger partial charge in [0.05, 0.1) is 0 Å². The van der Waals surface area contributed by atoms with Crippen molar-refractivity contribution in [3.63, 3.8) is 0 Å². The number of nitrogens with zero attached hydrogens (tertiary/aromatic N) is 1. The van der Waals surface area contributed by atoms with Gasteiger partial charge in [-0.15, -0.1) is 0 Å². The van der Waals surface area contributed by atoms with Gasteiger partial charge >= 0.3 is 6.18 Å². The highest BCUT2D eigenvalue weighted by Crippen LogP contribution is 2.33. The highest BCUT2D eigenvalue weighted by Gasteiger charge is 2.42. The molecule has 2 heterocycles. The Labute approximate surface area is 120 Å². The summed E-state index contributed by atoms with van der Waals surface area (Å²) in [6.45, 7) is 3.41. The lowest BCUT2D eigenvalue weighted by molar-refractivity contribution is -0.155. The molecule has 2 aromatic rings. The molecule has 7 heteroatoms. The molecule has 0 aliphatic rings. The Kier molecular flexibility index (Phi) is 3.85. The number of hydrogen-bond acceptors (Lipinski definition) is 1. The van der Waals surface area contributed by atoms with Gasteiger partial charge in [0.15, 0.2) is 6.04 Å². The molecule has 1 amide bonds. The maximum absolute atomic E-state index is 13.2. The molecular weight excluding hydrogens is 283 g/mol. The van der Waals surface area contributed by atoms with Crippen molar-refractivity contribution in [2.45, 2.75) is 26.1 Å². The average Bonchev–Trinajstić information content (AvgIpc) is 2.90. The molecule has 2 rings (SSSR count). The fraction of sp³-hybridized carbons (Fsp3) is 0.357. The van der Waals surface area contributed by atoms with Gasteiger partial charge in [0, 0.05) is 30.7 Å². The molecule has 1 unspecified atom stereocenters. The number of aryl methyl sites for hydroxylation is 3. The predicted octanol–water partition coefficient (Wildman–Crippen LogP) is 3.00. The van der Waals surface area contributed by atoms with E-state index in [4.69, 9.17) is 0 Å². The van der Waals surface area contributed by atoms with Crippen LogP contribution in [-0.2, 0) is 7.05 Å². The largest absolute Gasteiger partial charge is 0.412 e. The monoisotopic (exact) mass is 299 g/mol. The molecule has 2 N–H and O–H groups in total. The molecule has 0 aliphatic carbocycles. The van der Waals surface area contributed by atoms with Gasteiger partial charge in [-0.3, -0.25) is 4.79 Å². The molecule has 114 valence electrons. The fourth-order valence-electron chi connectivity index (χ4n) is 2.22. The van der Waals surface area contributed by atoms with Crippen molar-refractivity contribution in [2.75, 3.05) is 0 Å². The zero-order valence-corrected chi connectivity index (χ0v) is 11.9. The number of halogens is 3. The normalized spacial score (nSPS) is 13.2. The van der Waals surface area contributed by atoms with Gasteiger partial charge < -0.3 is 14.9 Å². The number of nitrogens with one attached hydrogen (secondary N) is 2. The molecule has 4 nitrogen and oxygen atoms in total. The van der Waals surface area contributed by atoms with E-state index in [1.165, 1.54) is 23.0 Å². The van der Waals surface area contributed by atoms with Crippen LogP contribution in [0.5, 0.6) is 0 Å². The number of aromatic nitrogens is 2. The zero-order chi connectivity index (χ0) is 15.8. The van der Waals surface area contributed by atoms with E-state index >= 15 is 0 Å². The first kappa shape index (κ1) is 15.2. The second-order valence-corrected chi connectivity index (χ2v) is 5.07. The van der Waals surface area contributed by atoms with Crippen LogP contribution in [0.15, 0.2) is 24.5 Å². The van der Waals surface area contributed by atoms with E-state index in [0.29, 0.717) is 5.56 Å². The van der Waals surface area contributed by atoms with Crippen molar-refractivity contribution >= 4 is 5.91 Å². The second-order valence-electron chi connectivity index (χ2n) is 5.07. The van der Waals surface area contributed by atoms with Crippen molar-refractivity contribution in [1.29, 1.82) is 0 Å². The molecule has 0 radical (unpaired) electrons. The molecule has 2 aromatic heterocycles. The fourth-order valence-corrected chi connectivity index (χ4v) is 2.22. The summed E-state index contributed by atoms with van der Waals surface area (Å²) < 4.78 is 41.0.